The molecule has 7 nitrogen and oxygen atoms in total. The summed E-state index contributed by atoms with van der Waals surface area (Å²) < 4.78 is 17.0. The van der Waals surface area contributed by atoms with Crippen molar-refractivity contribution in [2.75, 3.05) is 25.2 Å². The minimum absolute atomic E-state index is 0.110. The predicted molar refractivity (Wildman–Crippen MR) is 152 cm³/mol. The molecule has 1 aliphatic carbocycles. The van der Waals surface area contributed by atoms with Crippen molar-refractivity contribution in [3.8, 4) is 5.75 Å². The average molecular weight is 546 g/mol. The number of carbonyl (C=O) groups excluding carboxylic acids is 2. The number of nitrogens with one attached hydrogen (secondary N) is 1. The van der Waals surface area contributed by atoms with Crippen LogP contribution in [0.15, 0.2) is 86.5 Å². The number of carbonyl (C=O) groups is 2. The fourth-order valence-electron chi connectivity index (χ4n) is 5.55. The van der Waals surface area contributed by atoms with Crippen molar-refractivity contribution in [1.82, 2.24) is 5.32 Å². The molecule has 0 fully saturated rings. The second kappa shape index (κ2) is 11.5. The van der Waals surface area contributed by atoms with Gasteiger partial charge in [0, 0.05) is 40.6 Å². The Morgan fingerprint density at radius 2 is 1.85 bits per heavy atom. The number of allylic oxidation sites excluding steroid dienone is 3. The molecule has 0 radical (unpaired) electrons. The third-order valence-corrected chi connectivity index (χ3v) is 8.17. The molecular formula is C31H31NO6S. The van der Waals surface area contributed by atoms with Gasteiger partial charge < -0.3 is 19.2 Å². The molecule has 2 atom stereocenters. The first-order valence-corrected chi connectivity index (χ1v) is 14.2. The van der Waals surface area contributed by atoms with Crippen LogP contribution >= 0.6 is 11.8 Å². The van der Waals surface area contributed by atoms with Crippen molar-refractivity contribution in [3.63, 3.8) is 0 Å². The zero-order chi connectivity index (χ0) is 27.5. The standard InChI is InChI=1S/C31H31NO6S/c1-4-39-14-13-37-31(35)27-18(2)32-23-15-19(20-9-5-7-11-25(20)36-3)16-24(33)29(23)28(27)22-17-38-26-12-8-6-10-21(26)30(22)34/h5-12,17,19,28,32H,4,13-16H2,1-3H3/t19-,28+/m1/s1. The molecule has 2 aromatic carbocycles. The van der Waals surface area contributed by atoms with E-state index in [1.165, 1.54) is 6.26 Å². The number of hydrogen-bond acceptors (Lipinski definition) is 8. The summed E-state index contributed by atoms with van der Waals surface area (Å²) in [5.41, 5.74) is 3.33. The zero-order valence-electron chi connectivity index (χ0n) is 22.2. The van der Waals surface area contributed by atoms with Gasteiger partial charge in [0.15, 0.2) is 11.2 Å². The molecule has 2 heterocycles. The van der Waals surface area contributed by atoms with Gasteiger partial charge >= 0.3 is 5.97 Å². The van der Waals surface area contributed by atoms with E-state index in [-0.39, 0.29) is 41.3 Å². The van der Waals surface area contributed by atoms with Gasteiger partial charge in [-0.3, -0.25) is 9.59 Å². The lowest BCUT2D eigenvalue weighted by molar-refractivity contribution is -0.138. The number of para-hydroxylation sites is 2. The van der Waals surface area contributed by atoms with Crippen molar-refractivity contribution in [3.05, 3.63) is 98.7 Å². The van der Waals surface area contributed by atoms with Crippen molar-refractivity contribution < 1.29 is 23.5 Å². The Bertz CT molecular complexity index is 1550. The van der Waals surface area contributed by atoms with Gasteiger partial charge in [-0.25, -0.2) is 4.79 Å². The largest absolute Gasteiger partial charge is 0.496 e. The highest BCUT2D eigenvalue weighted by atomic mass is 32.2. The van der Waals surface area contributed by atoms with Crippen molar-refractivity contribution in [2.24, 2.45) is 0 Å². The lowest BCUT2D eigenvalue weighted by Crippen LogP contribution is -2.37. The van der Waals surface area contributed by atoms with E-state index >= 15 is 0 Å². The fraction of sp³-hybridized carbons (Fsp3) is 0.323. The summed E-state index contributed by atoms with van der Waals surface area (Å²) in [5.74, 6) is 0.638. The Kier molecular flexibility index (Phi) is 7.93. The van der Waals surface area contributed by atoms with Crippen LogP contribution in [0.2, 0.25) is 0 Å². The molecule has 5 rings (SSSR count). The Hall–Kier alpha value is -3.78. The molecule has 202 valence electrons. The molecule has 8 heteroatoms. The minimum Gasteiger partial charge on any atom is -0.496 e. The number of thioether (sulfide) groups is 1. The Labute approximate surface area is 231 Å². The van der Waals surface area contributed by atoms with Gasteiger partial charge in [0.25, 0.3) is 0 Å². The summed E-state index contributed by atoms with van der Waals surface area (Å²) in [6.45, 7) is 4.07. The van der Waals surface area contributed by atoms with Gasteiger partial charge in [-0.1, -0.05) is 37.3 Å². The minimum atomic E-state index is -0.889. The molecule has 3 aromatic rings. The number of ketones is 1. The summed E-state index contributed by atoms with van der Waals surface area (Å²) in [4.78, 5) is 41.1. The second-order valence-electron chi connectivity index (χ2n) is 9.61. The van der Waals surface area contributed by atoms with Crippen molar-refractivity contribution in [2.45, 2.75) is 38.5 Å². The lowest BCUT2D eigenvalue weighted by Gasteiger charge is -2.36. The first-order valence-electron chi connectivity index (χ1n) is 13.1. The van der Waals surface area contributed by atoms with Gasteiger partial charge in [0.2, 0.25) is 0 Å². The van der Waals surface area contributed by atoms with E-state index in [0.717, 1.165) is 17.1 Å². The summed E-state index contributed by atoms with van der Waals surface area (Å²) >= 11 is 1.67. The summed E-state index contributed by atoms with van der Waals surface area (Å²) in [7, 11) is 1.62. The van der Waals surface area contributed by atoms with E-state index in [1.54, 1.807) is 50.1 Å². The SMILES string of the molecule is CCSCCOC(=O)C1=C(C)NC2=C(C(=O)C[C@H](c3ccccc3OC)C2)[C@H]1c1coc2ccccc2c1=O. The first kappa shape index (κ1) is 26.8. The second-order valence-corrected chi connectivity index (χ2v) is 11.0. The summed E-state index contributed by atoms with van der Waals surface area (Å²) in [6.07, 6.45) is 2.15. The number of ether oxygens (including phenoxy) is 2. The topological polar surface area (TPSA) is 94.8 Å². The Morgan fingerprint density at radius 1 is 1.08 bits per heavy atom. The van der Waals surface area contributed by atoms with E-state index in [9.17, 15) is 14.4 Å². The van der Waals surface area contributed by atoms with E-state index < -0.39 is 11.9 Å². The van der Waals surface area contributed by atoms with E-state index in [0.29, 0.717) is 40.1 Å². The van der Waals surface area contributed by atoms with Gasteiger partial charge in [0.05, 0.1) is 30.3 Å². The number of benzene rings is 2. The van der Waals surface area contributed by atoms with E-state index in [1.807, 2.05) is 31.2 Å². The van der Waals surface area contributed by atoms with Gasteiger partial charge in [0.1, 0.15) is 17.9 Å². The normalized spacial score (nSPS) is 19.1. The molecule has 1 N–H and O–H groups in total. The summed E-state index contributed by atoms with van der Waals surface area (Å²) in [5, 5.41) is 3.73. The van der Waals surface area contributed by atoms with E-state index in [4.69, 9.17) is 13.9 Å². The molecule has 0 bridgehead atoms. The molecule has 0 amide bonds. The number of rotatable bonds is 8. The molecule has 0 saturated carbocycles. The van der Waals surface area contributed by atoms with Crippen LogP contribution < -0.4 is 15.5 Å². The third kappa shape index (κ3) is 5.13. The average Bonchev–Trinajstić information content (AvgIpc) is 2.94. The maximum atomic E-state index is 13.9. The predicted octanol–water partition coefficient (Wildman–Crippen LogP) is 5.46. The molecule has 0 spiro atoms. The number of esters is 1. The smallest absolute Gasteiger partial charge is 0.336 e. The van der Waals surface area contributed by atoms with Crippen molar-refractivity contribution in [1.29, 1.82) is 0 Å². The van der Waals surface area contributed by atoms with Crippen LogP contribution in [0, 0.1) is 0 Å². The molecule has 39 heavy (non-hydrogen) atoms. The van der Waals surface area contributed by atoms with Crippen LogP contribution in [-0.2, 0) is 14.3 Å². The highest BCUT2D eigenvalue weighted by molar-refractivity contribution is 7.99. The molecule has 0 unspecified atom stereocenters. The number of methoxy groups -OCH3 is 1. The highest BCUT2D eigenvalue weighted by Gasteiger charge is 2.43. The Balaban J connectivity index is 1.61. The first-order chi connectivity index (χ1) is 18.9. The maximum Gasteiger partial charge on any atom is 0.336 e. The van der Waals surface area contributed by atoms with Crippen LogP contribution in [0.4, 0.5) is 0 Å². The number of fused-ring (bicyclic) bond motifs is 1. The van der Waals surface area contributed by atoms with E-state index in [2.05, 4.69) is 5.32 Å². The highest BCUT2D eigenvalue weighted by Crippen LogP contribution is 2.46. The number of dihydropyridines is 1. The zero-order valence-corrected chi connectivity index (χ0v) is 23.1. The Morgan fingerprint density at radius 3 is 2.64 bits per heavy atom. The third-order valence-electron chi connectivity index (χ3n) is 7.31. The summed E-state index contributed by atoms with van der Waals surface area (Å²) in [6, 6.07) is 14.7. The maximum absolute atomic E-state index is 13.9. The molecule has 1 aliphatic heterocycles. The van der Waals surface area contributed by atoms with Crippen LogP contribution in [0.25, 0.3) is 11.0 Å². The number of Topliss-reactive ketones (excluding diaryl/α,β-unsaturated/α-hetero) is 1. The van der Waals surface area contributed by atoms with Gasteiger partial charge in [-0.15, -0.1) is 0 Å². The monoisotopic (exact) mass is 545 g/mol. The molecule has 2 aliphatic rings. The van der Waals surface area contributed by atoms with Gasteiger partial charge in [-0.2, -0.15) is 11.8 Å². The van der Waals surface area contributed by atoms with Crippen molar-refractivity contribution >= 4 is 34.5 Å². The fourth-order valence-corrected chi connectivity index (χ4v) is 6.04. The van der Waals surface area contributed by atoms with Crippen LogP contribution in [-0.4, -0.2) is 37.0 Å². The molecule has 1 aromatic heterocycles. The van der Waals surface area contributed by atoms with Crippen LogP contribution in [0.3, 0.4) is 0 Å². The van der Waals surface area contributed by atoms with Crippen LogP contribution in [0.1, 0.15) is 49.7 Å². The van der Waals surface area contributed by atoms with Crippen LogP contribution in [0.5, 0.6) is 5.75 Å². The lowest BCUT2D eigenvalue weighted by atomic mass is 9.71. The number of hydrogen-bond donors (Lipinski definition) is 1. The molecular weight excluding hydrogens is 514 g/mol. The quantitative estimate of drug-likeness (QED) is 0.295. The molecule has 0 saturated heterocycles. The van der Waals surface area contributed by atoms with Gasteiger partial charge in [-0.05, 0) is 42.9 Å².